The first-order valence-electron chi connectivity index (χ1n) is 7.46. The lowest BCUT2D eigenvalue weighted by Crippen LogP contribution is -2.15. The molecule has 0 saturated heterocycles. The van der Waals surface area contributed by atoms with E-state index in [0.29, 0.717) is 24.8 Å². The van der Waals surface area contributed by atoms with E-state index >= 15 is 0 Å². The van der Waals surface area contributed by atoms with Crippen LogP contribution in [-0.2, 0) is 13.1 Å². The summed E-state index contributed by atoms with van der Waals surface area (Å²) in [7, 11) is 0. The third kappa shape index (κ3) is 3.75. The fourth-order valence-corrected chi connectivity index (χ4v) is 2.74. The Bertz CT molecular complexity index is 611. The van der Waals surface area contributed by atoms with Gasteiger partial charge in [-0.1, -0.05) is 19.3 Å². The summed E-state index contributed by atoms with van der Waals surface area (Å²) in [5.41, 5.74) is 0.749. The second-order valence-corrected chi connectivity index (χ2v) is 5.51. The van der Waals surface area contributed by atoms with Crippen molar-refractivity contribution in [1.29, 1.82) is 0 Å². The summed E-state index contributed by atoms with van der Waals surface area (Å²) >= 11 is 0. The zero-order chi connectivity index (χ0) is 14.5. The number of nitrogens with zero attached hydrogens (tertiary/aromatic N) is 3. The topological polar surface area (TPSA) is 99.3 Å². The van der Waals surface area contributed by atoms with Crippen molar-refractivity contribution >= 4 is 0 Å². The lowest BCUT2D eigenvalue weighted by molar-refractivity contribution is 0.428. The molecule has 0 bridgehead atoms. The van der Waals surface area contributed by atoms with Gasteiger partial charge in [-0.2, -0.15) is 5.10 Å². The molecule has 1 aliphatic carbocycles. The average Bonchev–Trinajstić information content (AvgIpc) is 2.94. The van der Waals surface area contributed by atoms with E-state index in [4.69, 9.17) is 0 Å². The van der Waals surface area contributed by atoms with Crippen molar-refractivity contribution in [3.8, 4) is 0 Å². The van der Waals surface area contributed by atoms with Gasteiger partial charge in [0.05, 0.1) is 6.54 Å². The number of aromatic amines is 2. The van der Waals surface area contributed by atoms with E-state index in [-0.39, 0.29) is 5.69 Å². The lowest BCUT2D eigenvalue weighted by atomic mass is 9.89. The Hall–Kier alpha value is -2.02. The van der Waals surface area contributed by atoms with Crippen molar-refractivity contribution in [2.75, 3.05) is 0 Å². The first-order chi connectivity index (χ1) is 10.3. The van der Waals surface area contributed by atoms with Crippen molar-refractivity contribution in [3.63, 3.8) is 0 Å². The number of nitrogens with one attached hydrogen (secondary N) is 3. The van der Waals surface area contributed by atoms with Crippen LogP contribution in [0.2, 0.25) is 0 Å². The molecule has 0 unspecified atom stereocenters. The smallest absolute Gasteiger partial charge is 0.306 e. The van der Waals surface area contributed by atoms with Gasteiger partial charge in [0.1, 0.15) is 11.6 Å². The third-order valence-corrected chi connectivity index (χ3v) is 3.87. The summed E-state index contributed by atoms with van der Waals surface area (Å²) in [5.74, 6) is 2.12. The normalized spacial score (nSPS) is 16.2. The minimum Gasteiger partial charge on any atom is -0.306 e. The summed E-state index contributed by atoms with van der Waals surface area (Å²) < 4.78 is 0. The molecule has 1 fully saturated rings. The van der Waals surface area contributed by atoms with Crippen LogP contribution in [0.3, 0.4) is 0 Å². The number of H-pyrrole nitrogens is 2. The molecule has 0 aromatic carbocycles. The maximum Gasteiger partial charge on any atom is 0.340 e. The standard InChI is InChI=1S/C14H20N6O/c21-14-18-12(19-20-14)9-15-6-10-7-16-13(17-8-10)11-4-2-1-3-5-11/h7-8,11,15H,1-6,9H2,(H2,18,19,20,21). The lowest BCUT2D eigenvalue weighted by Gasteiger charge is -2.19. The molecule has 7 nitrogen and oxygen atoms in total. The van der Waals surface area contributed by atoms with Gasteiger partial charge in [-0.25, -0.2) is 19.9 Å². The van der Waals surface area contributed by atoms with Crippen LogP contribution in [0, 0.1) is 0 Å². The summed E-state index contributed by atoms with van der Waals surface area (Å²) in [6, 6.07) is 0. The number of hydrogen-bond acceptors (Lipinski definition) is 5. The van der Waals surface area contributed by atoms with E-state index in [1.807, 2.05) is 12.4 Å². The Morgan fingerprint density at radius 1 is 1.14 bits per heavy atom. The van der Waals surface area contributed by atoms with Crippen molar-refractivity contribution in [1.82, 2.24) is 30.5 Å². The Morgan fingerprint density at radius 2 is 1.90 bits per heavy atom. The first-order valence-corrected chi connectivity index (χ1v) is 7.46. The van der Waals surface area contributed by atoms with Crippen molar-refractivity contribution in [2.45, 2.75) is 51.1 Å². The molecule has 1 saturated carbocycles. The van der Waals surface area contributed by atoms with E-state index in [2.05, 4.69) is 30.5 Å². The molecule has 0 aliphatic heterocycles. The first kappa shape index (κ1) is 13.9. The molecule has 1 aliphatic rings. The van der Waals surface area contributed by atoms with Crippen LogP contribution in [0.5, 0.6) is 0 Å². The van der Waals surface area contributed by atoms with Gasteiger partial charge in [0.2, 0.25) is 0 Å². The van der Waals surface area contributed by atoms with Gasteiger partial charge in [0, 0.05) is 30.4 Å². The molecule has 0 amide bonds. The average molecular weight is 288 g/mol. The molecular formula is C14H20N6O. The molecule has 21 heavy (non-hydrogen) atoms. The molecule has 3 rings (SSSR count). The molecular weight excluding hydrogens is 268 g/mol. The van der Waals surface area contributed by atoms with Gasteiger partial charge in [-0.05, 0) is 12.8 Å². The van der Waals surface area contributed by atoms with E-state index in [1.54, 1.807) is 0 Å². The van der Waals surface area contributed by atoms with E-state index < -0.39 is 0 Å². The molecule has 0 radical (unpaired) electrons. The van der Waals surface area contributed by atoms with Gasteiger partial charge < -0.3 is 5.32 Å². The van der Waals surface area contributed by atoms with Crippen LogP contribution < -0.4 is 11.0 Å². The van der Waals surface area contributed by atoms with Crippen LogP contribution in [0.25, 0.3) is 0 Å². The van der Waals surface area contributed by atoms with Gasteiger partial charge in [-0.15, -0.1) is 0 Å². The van der Waals surface area contributed by atoms with Crippen LogP contribution >= 0.6 is 0 Å². The predicted octanol–water partition coefficient (Wildman–Crippen LogP) is 1.23. The van der Waals surface area contributed by atoms with Crippen LogP contribution in [0.4, 0.5) is 0 Å². The zero-order valence-electron chi connectivity index (χ0n) is 11.9. The zero-order valence-corrected chi connectivity index (χ0v) is 11.9. The van der Waals surface area contributed by atoms with Crippen molar-refractivity contribution in [2.24, 2.45) is 0 Å². The highest BCUT2D eigenvalue weighted by Crippen LogP contribution is 2.30. The monoisotopic (exact) mass is 288 g/mol. The van der Waals surface area contributed by atoms with E-state index in [0.717, 1.165) is 11.4 Å². The molecule has 3 N–H and O–H groups in total. The molecule has 2 aromatic rings. The van der Waals surface area contributed by atoms with Gasteiger partial charge in [0.25, 0.3) is 0 Å². The Kier molecular flexibility index (Phi) is 4.40. The minimum absolute atomic E-state index is 0.285. The predicted molar refractivity (Wildman–Crippen MR) is 77.6 cm³/mol. The molecule has 2 aromatic heterocycles. The Balaban J connectivity index is 1.51. The van der Waals surface area contributed by atoms with Gasteiger partial charge in [-0.3, -0.25) is 4.98 Å². The molecule has 7 heteroatoms. The highest BCUT2D eigenvalue weighted by atomic mass is 16.1. The van der Waals surface area contributed by atoms with Crippen molar-refractivity contribution < 1.29 is 0 Å². The third-order valence-electron chi connectivity index (χ3n) is 3.87. The second kappa shape index (κ2) is 6.62. The number of aromatic nitrogens is 5. The highest BCUT2D eigenvalue weighted by Gasteiger charge is 2.17. The number of rotatable bonds is 5. The van der Waals surface area contributed by atoms with Crippen LogP contribution in [0.1, 0.15) is 55.2 Å². The maximum atomic E-state index is 10.9. The number of hydrogen-bond donors (Lipinski definition) is 3. The summed E-state index contributed by atoms with van der Waals surface area (Å²) in [6.45, 7) is 1.16. The quantitative estimate of drug-likeness (QED) is 0.768. The fourth-order valence-electron chi connectivity index (χ4n) is 2.74. The molecule has 0 spiro atoms. The van der Waals surface area contributed by atoms with Crippen LogP contribution in [0.15, 0.2) is 17.2 Å². The maximum absolute atomic E-state index is 10.9. The van der Waals surface area contributed by atoms with Gasteiger partial charge >= 0.3 is 5.69 Å². The summed E-state index contributed by atoms with van der Waals surface area (Å²) in [4.78, 5) is 22.5. The molecule has 0 atom stereocenters. The largest absolute Gasteiger partial charge is 0.340 e. The van der Waals surface area contributed by atoms with Crippen LogP contribution in [-0.4, -0.2) is 25.1 Å². The second-order valence-electron chi connectivity index (χ2n) is 5.51. The Labute approximate surface area is 122 Å². The van der Waals surface area contributed by atoms with E-state index in [9.17, 15) is 4.79 Å². The van der Waals surface area contributed by atoms with Gasteiger partial charge in [0.15, 0.2) is 0 Å². The molecule has 2 heterocycles. The highest BCUT2D eigenvalue weighted by molar-refractivity contribution is 5.07. The fraction of sp³-hybridized carbons (Fsp3) is 0.571. The Morgan fingerprint density at radius 3 is 2.57 bits per heavy atom. The minimum atomic E-state index is -0.285. The van der Waals surface area contributed by atoms with Crippen molar-refractivity contribution in [3.05, 3.63) is 40.1 Å². The summed E-state index contributed by atoms with van der Waals surface area (Å²) in [5, 5.41) is 9.37. The SMILES string of the molecule is O=c1[nH]nc(CNCc2cnc(C3CCCCC3)nc2)[nH]1. The molecule has 112 valence electrons. The van der Waals surface area contributed by atoms with E-state index in [1.165, 1.54) is 32.1 Å². The summed E-state index contributed by atoms with van der Waals surface area (Å²) in [6.07, 6.45) is 10.1.